The fourth-order valence-corrected chi connectivity index (χ4v) is 2.83. The number of carbonyl (C=O) groups excluding carboxylic acids is 1. The Hall–Kier alpha value is -2.09. The Balaban J connectivity index is 1.89. The van der Waals surface area contributed by atoms with Gasteiger partial charge in [-0.1, -0.05) is 53.9 Å². The van der Waals surface area contributed by atoms with Gasteiger partial charge in [0.05, 0.1) is 0 Å². The van der Waals surface area contributed by atoms with E-state index >= 15 is 0 Å². The largest absolute Gasteiger partial charge is 0.326 e. The van der Waals surface area contributed by atoms with E-state index in [0.717, 1.165) is 12.1 Å². The van der Waals surface area contributed by atoms with Crippen LogP contribution in [-0.2, 0) is 11.2 Å². The molecule has 0 aliphatic rings. The van der Waals surface area contributed by atoms with E-state index in [1.807, 2.05) is 31.2 Å². The SMILES string of the molecule is Cc1ccc(NC(=O)C[C@@H](C)Cc2cc(C)cc(C)c2)cc1. The van der Waals surface area contributed by atoms with E-state index in [4.69, 9.17) is 0 Å². The predicted molar refractivity (Wildman–Crippen MR) is 93.2 cm³/mol. The normalized spacial score (nSPS) is 12.0. The molecule has 0 radical (unpaired) electrons. The summed E-state index contributed by atoms with van der Waals surface area (Å²) in [6.07, 6.45) is 1.48. The number of hydrogen-bond donors (Lipinski definition) is 1. The molecule has 0 aliphatic carbocycles. The van der Waals surface area contributed by atoms with Gasteiger partial charge >= 0.3 is 0 Å². The van der Waals surface area contributed by atoms with Gasteiger partial charge in [-0.2, -0.15) is 0 Å². The molecule has 2 aromatic rings. The van der Waals surface area contributed by atoms with Crippen LogP contribution in [0.2, 0.25) is 0 Å². The number of aryl methyl sites for hydroxylation is 3. The van der Waals surface area contributed by atoms with Crippen molar-refractivity contribution < 1.29 is 4.79 Å². The summed E-state index contributed by atoms with van der Waals surface area (Å²) in [6, 6.07) is 14.5. The zero-order valence-electron chi connectivity index (χ0n) is 13.9. The minimum absolute atomic E-state index is 0.0840. The second-order valence-corrected chi connectivity index (χ2v) is 6.42. The van der Waals surface area contributed by atoms with Crippen LogP contribution in [0, 0.1) is 26.7 Å². The average molecular weight is 295 g/mol. The highest BCUT2D eigenvalue weighted by Crippen LogP contribution is 2.17. The quantitative estimate of drug-likeness (QED) is 0.842. The highest BCUT2D eigenvalue weighted by atomic mass is 16.1. The van der Waals surface area contributed by atoms with Crippen LogP contribution in [0.25, 0.3) is 0 Å². The zero-order valence-corrected chi connectivity index (χ0v) is 13.9. The van der Waals surface area contributed by atoms with E-state index in [-0.39, 0.29) is 5.91 Å². The molecule has 2 aromatic carbocycles. The zero-order chi connectivity index (χ0) is 16.1. The van der Waals surface area contributed by atoms with Crippen molar-refractivity contribution in [2.45, 2.75) is 40.5 Å². The lowest BCUT2D eigenvalue weighted by atomic mass is 9.95. The molecule has 22 heavy (non-hydrogen) atoms. The molecule has 0 heterocycles. The average Bonchev–Trinajstić information content (AvgIpc) is 2.39. The molecule has 0 aromatic heterocycles. The Morgan fingerprint density at radius 2 is 1.55 bits per heavy atom. The molecular weight excluding hydrogens is 270 g/mol. The lowest BCUT2D eigenvalue weighted by Gasteiger charge is -2.13. The summed E-state index contributed by atoms with van der Waals surface area (Å²) >= 11 is 0. The molecule has 0 fully saturated rings. The van der Waals surface area contributed by atoms with Crippen molar-refractivity contribution in [2.75, 3.05) is 5.32 Å². The first-order valence-electron chi connectivity index (χ1n) is 7.86. The van der Waals surface area contributed by atoms with E-state index in [2.05, 4.69) is 44.3 Å². The third-order valence-electron chi connectivity index (χ3n) is 3.73. The molecule has 2 nitrogen and oxygen atoms in total. The number of anilines is 1. The summed E-state index contributed by atoms with van der Waals surface area (Å²) in [5.74, 6) is 0.410. The van der Waals surface area contributed by atoms with Gasteiger partial charge < -0.3 is 5.32 Å². The predicted octanol–water partition coefficient (Wildman–Crippen LogP) is 4.82. The maximum Gasteiger partial charge on any atom is 0.224 e. The van der Waals surface area contributed by atoms with Gasteiger partial charge in [0, 0.05) is 12.1 Å². The van der Waals surface area contributed by atoms with Crippen LogP contribution in [0.5, 0.6) is 0 Å². The molecule has 2 heteroatoms. The Bertz CT molecular complexity index is 623. The summed E-state index contributed by atoms with van der Waals surface area (Å²) < 4.78 is 0. The number of amides is 1. The van der Waals surface area contributed by atoms with Crippen LogP contribution < -0.4 is 5.32 Å². The first-order chi connectivity index (χ1) is 10.4. The second kappa shape index (κ2) is 7.26. The van der Waals surface area contributed by atoms with Gasteiger partial charge in [-0.25, -0.2) is 0 Å². The van der Waals surface area contributed by atoms with Crippen molar-refractivity contribution in [3.8, 4) is 0 Å². The molecule has 116 valence electrons. The number of benzene rings is 2. The van der Waals surface area contributed by atoms with Gasteiger partial charge in [-0.15, -0.1) is 0 Å². The van der Waals surface area contributed by atoms with Gasteiger partial charge in [0.2, 0.25) is 5.91 Å². The molecule has 0 unspecified atom stereocenters. The molecule has 0 spiro atoms. The number of rotatable bonds is 5. The van der Waals surface area contributed by atoms with Crippen LogP contribution in [-0.4, -0.2) is 5.91 Å². The lowest BCUT2D eigenvalue weighted by molar-refractivity contribution is -0.116. The van der Waals surface area contributed by atoms with Crippen molar-refractivity contribution in [2.24, 2.45) is 5.92 Å². The molecule has 0 saturated carbocycles. The lowest BCUT2D eigenvalue weighted by Crippen LogP contribution is -2.16. The molecule has 1 amide bonds. The summed E-state index contributed by atoms with van der Waals surface area (Å²) in [5, 5.41) is 2.97. The van der Waals surface area contributed by atoms with Gasteiger partial charge in [-0.3, -0.25) is 4.79 Å². The van der Waals surface area contributed by atoms with Gasteiger partial charge in [0.15, 0.2) is 0 Å². The summed E-state index contributed by atoms with van der Waals surface area (Å²) in [6.45, 7) is 8.40. The second-order valence-electron chi connectivity index (χ2n) is 6.42. The van der Waals surface area contributed by atoms with E-state index in [1.54, 1.807) is 0 Å². The van der Waals surface area contributed by atoms with Gasteiger partial charge in [0.1, 0.15) is 0 Å². The van der Waals surface area contributed by atoms with Gasteiger partial charge in [-0.05, 0) is 50.8 Å². The van der Waals surface area contributed by atoms with Crippen molar-refractivity contribution >= 4 is 11.6 Å². The van der Waals surface area contributed by atoms with Crippen LogP contribution >= 0.6 is 0 Å². The van der Waals surface area contributed by atoms with Crippen molar-refractivity contribution in [1.29, 1.82) is 0 Å². The standard InChI is InChI=1S/C20H25NO/c1-14-5-7-19(8-6-14)21-20(22)13-17(4)12-18-10-15(2)9-16(3)11-18/h5-11,17H,12-13H2,1-4H3,(H,21,22)/t17-/m0/s1. The van der Waals surface area contributed by atoms with E-state index < -0.39 is 0 Å². The monoisotopic (exact) mass is 295 g/mol. The number of nitrogens with one attached hydrogen (secondary N) is 1. The maximum absolute atomic E-state index is 12.1. The first-order valence-corrected chi connectivity index (χ1v) is 7.86. The summed E-state index contributed by atoms with van der Waals surface area (Å²) in [7, 11) is 0. The van der Waals surface area contributed by atoms with Crippen LogP contribution in [0.1, 0.15) is 35.6 Å². The third-order valence-corrected chi connectivity index (χ3v) is 3.73. The Kier molecular flexibility index (Phi) is 5.37. The molecule has 0 bridgehead atoms. The molecule has 2 rings (SSSR count). The molecule has 1 N–H and O–H groups in total. The highest BCUT2D eigenvalue weighted by Gasteiger charge is 2.11. The molecular formula is C20H25NO. The minimum Gasteiger partial charge on any atom is -0.326 e. The first kappa shape index (κ1) is 16.3. The Labute approximate surface area is 133 Å². The van der Waals surface area contributed by atoms with E-state index in [0.29, 0.717) is 12.3 Å². The topological polar surface area (TPSA) is 29.1 Å². The van der Waals surface area contributed by atoms with Crippen LogP contribution in [0.3, 0.4) is 0 Å². The van der Waals surface area contributed by atoms with Crippen LogP contribution in [0.4, 0.5) is 5.69 Å². The smallest absolute Gasteiger partial charge is 0.224 e. The van der Waals surface area contributed by atoms with Gasteiger partial charge in [0.25, 0.3) is 0 Å². The Morgan fingerprint density at radius 3 is 2.14 bits per heavy atom. The Morgan fingerprint density at radius 1 is 0.955 bits per heavy atom. The molecule has 0 aliphatic heterocycles. The number of hydrogen-bond acceptors (Lipinski definition) is 1. The molecule has 1 atom stereocenters. The number of carbonyl (C=O) groups is 1. The van der Waals surface area contributed by atoms with Crippen molar-refractivity contribution in [3.63, 3.8) is 0 Å². The van der Waals surface area contributed by atoms with Crippen LogP contribution in [0.15, 0.2) is 42.5 Å². The third kappa shape index (κ3) is 5.03. The summed E-state index contributed by atoms with van der Waals surface area (Å²) in [4.78, 5) is 12.1. The highest BCUT2D eigenvalue weighted by molar-refractivity contribution is 5.90. The maximum atomic E-state index is 12.1. The van der Waals surface area contributed by atoms with E-state index in [1.165, 1.54) is 22.3 Å². The van der Waals surface area contributed by atoms with Crippen molar-refractivity contribution in [3.05, 3.63) is 64.7 Å². The van der Waals surface area contributed by atoms with E-state index in [9.17, 15) is 4.79 Å². The summed E-state index contributed by atoms with van der Waals surface area (Å²) in [5.41, 5.74) is 5.95. The minimum atomic E-state index is 0.0840. The van der Waals surface area contributed by atoms with Crippen molar-refractivity contribution in [1.82, 2.24) is 0 Å². The fourth-order valence-electron chi connectivity index (χ4n) is 2.83. The molecule has 0 saturated heterocycles. The fraction of sp³-hybridized carbons (Fsp3) is 0.350.